The summed E-state index contributed by atoms with van der Waals surface area (Å²) >= 11 is 0. The third-order valence-electron chi connectivity index (χ3n) is 1.92. The summed E-state index contributed by atoms with van der Waals surface area (Å²) in [7, 11) is 0.815. The molecule has 0 aliphatic rings. The molecule has 0 bridgehead atoms. The van der Waals surface area contributed by atoms with Crippen molar-refractivity contribution < 1.29 is 9.90 Å². The van der Waals surface area contributed by atoms with Crippen molar-refractivity contribution in [2.75, 3.05) is 6.16 Å². The standard InChI is InChI=1S/C11H15O2P/c12-11(13)8-4-5-9-14-10-6-2-1-3-7-10/h1-3,6-7,14H,4-5,8-9H2,(H,12,13). The molecule has 0 aliphatic heterocycles. The summed E-state index contributed by atoms with van der Waals surface area (Å²) in [5.41, 5.74) is 0. The Kier molecular flexibility index (Phi) is 5.24. The van der Waals surface area contributed by atoms with Gasteiger partial charge in [0.25, 0.3) is 0 Å². The van der Waals surface area contributed by atoms with Crippen LogP contribution in [0.15, 0.2) is 30.3 Å². The largest absolute Gasteiger partial charge is 0.481 e. The molecule has 0 aliphatic carbocycles. The van der Waals surface area contributed by atoms with Gasteiger partial charge < -0.3 is 5.11 Å². The van der Waals surface area contributed by atoms with Crippen LogP contribution in [-0.2, 0) is 4.79 Å². The van der Waals surface area contributed by atoms with Crippen LogP contribution < -0.4 is 5.30 Å². The average Bonchev–Trinajstić information content (AvgIpc) is 2.18. The number of rotatable bonds is 6. The van der Waals surface area contributed by atoms with Crippen LogP contribution >= 0.6 is 8.58 Å². The molecule has 0 saturated heterocycles. The van der Waals surface area contributed by atoms with Crippen LogP contribution in [0.2, 0.25) is 0 Å². The Labute approximate surface area is 86.1 Å². The van der Waals surface area contributed by atoms with Crippen molar-refractivity contribution in [1.29, 1.82) is 0 Å². The van der Waals surface area contributed by atoms with E-state index in [1.54, 1.807) is 0 Å². The number of aliphatic carboxylic acids is 1. The van der Waals surface area contributed by atoms with Gasteiger partial charge in [0.15, 0.2) is 0 Å². The molecule has 1 atom stereocenters. The van der Waals surface area contributed by atoms with Gasteiger partial charge in [-0.1, -0.05) is 38.9 Å². The maximum absolute atomic E-state index is 10.2. The lowest BCUT2D eigenvalue weighted by molar-refractivity contribution is -0.137. The first kappa shape index (κ1) is 11.2. The van der Waals surface area contributed by atoms with E-state index in [1.165, 1.54) is 5.30 Å². The quantitative estimate of drug-likeness (QED) is 0.577. The molecule has 3 heteroatoms. The van der Waals surface area contributed by atoms with E-state index in [-0.39, 0.29) is 0 Å². The van der Waals surface area contributed by atoms with Crippen LogP contribution in [0.1, 0.15) is 19.3 Å². The van der Waals surface area contributed by atoms with E-state index < -0.39 is 5.97 Å². The molecule has 0 radical (unpaired) electrons. The van der Waals surface area contributed by atoms with Crippen molar-refractivity contribution in [2.24, 2.45) is 0 Å². The second-order valence-electron chi connectivity index (χ2n) is 3.14. The average molecular weight is 210 g/mol. The highest BCUT2D eigenvalue weighted by Crippen LogP contribution is 2.12. The van der Waals surface area contributed by atoms with Crippen LogP contribution in [0.5, 0.6) is 0 Å². The fourth-order valence-corrected chi connectivity index (χ4v) is 2.33. The zero-order valence-corrected chi connectivity index (χ0v) is 9.07. The third kappa shape index (κ3) is 4.98. The van der Waals surface area contributed by atoms with Gasteiger partial charge in [-0.2, -0.15) is 0 Å². The van der Waals surface area contributed by atoms with E-state index in [4.69, 9.17) is 5.11 Å². The zero-order chi connectivity index (χ0) is 10.2. The lowest BCUT2D eigenvalue weighted by Gasteiger charge is -2.00. The summed E-state index contributed by atoms with van der Waals surface area (Å²) in [5.74, 6) is -0.687. The van der Waals surface area contributed by atoms with Crippen molar-refractivity contribution >= 4 is 19.9 Å². The maximum atomic E-state index is 10.2. The highest BCUT2D eigenvalue weighted by molar-refractivity contribution is 7.47. The Morgan fingerprint density at radius 1 is 1.21 bits per heavy atom. The van der Waals surface area contributed by atoms with Crippen LogP contribution in [-0.4, -0.2) is 17.2 Å². The van der Waals surface area contributed by atoms with E-state index in [0.717, 1.165) is 27.6 Å². The van der Waals surface area contributed by atoms with Gasteiger partial charge in [-0.3, -0.25) is 4.79 Å². The van der Waals surface area contributed by atoms with Gasteiger partial charge in [-0.25, -0.2) is 0 Å². The fourth-order valence-electron chi connectivity index (χ4n) is 1.19. The monoisotopic (exact) mass is 210 g/mol. The van der Waals surface area contributed by atoms with Crippen molar-refractivity contribution in [2.45, 2.75) is 19.3 Å². The number of carboxylic acids is 1. The summed E-state index contributed by atoms with van der Waals surface area (Å²) in [6.07, 6.45) is 3.23. The normalized spacial score (nSPS) is 10.9. The minimum Gasteiger partial charge on any atom is -0.481 e. The lowest BCUT2D eigenvalue weighted by atomic mass is 10.2. The van der Waals surface area contributed by atoms with E-state index >= 15 is 0 Å². The van der Waals surface area contributed by atoms with Gasteiger partial charge in [0.2, 0.25) is 0 Å². The van der Waals surface area contributed by atoms with Crippen LogP contribution in [0.4, 0.5) is 0 Å². The summed E-state index contributed by atoms with van der Waals surface area (Å²) in [5, 5.41) is 9.80. The molecule has 14 heavy (non-hydrogen) atoms. The number of hydrogen-bond donors (Lipinski definition) is 1. The Morgan fingerprint density at radius 2 is 1.93 bits per heavy atom. The molecular weight excluding hydrogens is 195 g/mol. The summed E-state index contributed by atoms with van der Waals surface area (Å²) in [4.78, 5) is 10.2. The first-order valence-corrected chi connectivity index (χ1v) is 6.00. The van der Waals surface area contributed by atoms with Gasteiger partial charge in [-0.05, 0) is 24.3 Å². The van der Waals surface area contributed by atoms with Crippen molar-refractivity contribution in [3.8, 4) is 0 Å². The van der Waals surface area contributed by atoms with Crippen molar-refractivity contribution in [3.63, 3.8) is 0 Å². The first-order chi connectivity index (χ1) is 6.79. The molecule has 2 nitrogen and oxygen atoms in total. The number of carboxylic acid groups (broad SMARTS) is 1. The van der Waals surface area contributed by atoms with Crippen molar-refractivity contribution in [3.05, 3.63) is 30.3 Å². The van der Waals surface area contributed by atoms with E-state index in [2.05, 4.69) is 12.1 Å². The SMILES string of the molecule is O=C(O)CCCCPc1ccccc1. The number of unbranched alkanes of at least 4 members (excludes halogenated alkanes) is 1. The predicted molar refractivity (Wildman–Crippen MR) is 60.7 cm³/mol. The van der Waals surface area contributed by atoms with E-state index in [0.29, 0.717) is 6.42 Å². The Balaban J connectivity index is 2.08. The minimum atomic E-state index is -0.687. The molecule has 0 saturated carbocycles. The Morgan fingerprint density at radius 3 is 2.57 bits per heavy atom. The zero-order valence-electron chi connectivity index (χ0n) is 8.07. The van der Waals surface area contributed by atoms with Crippen LogP contribution in [0, 0.1) is 0 Å². The molecule has 0 aromatic heterocycles. The second-order valence-corrected chi connectivity index (χ2v) is 4.57. The van der Waals surface area contributed by atoms with Gasteiger partial charge in [0.05, 0.1) is 0 Å². The van der Waals surface area contributed by atoms with Gasteiger partial charge in [0, 0.05) is 6.42 Å². The fraction of sp³-hybridized carbons (Fsp3) is 0.364. The molecule has 0 fully saturated rings. The van der Waals surface area contributed by atoms with Crippen LogP contribution in [0.3, 0.4) is 0 Å². The molecule has 0 spiro atoms. The van der Waals surface area contributed by atoms with Gasteiger partial charge in [0.1, 0.15) is 0 Å². The first-order valence-electron chi connectivity index (χ1n) is 4.80. The Bertz CT molecular complexity index is 272. The molecule has 1 N–H and O–H groups in total. The molecule has 0 heterocycles. The highest BCUT2D eigenvalue weighted by Gasteiger charge is 1.96. The molecule has 0 amide bonds. The Hall–Kier alpha value is -0.880. The molecule has 1 rings (SSSR count). The lowest BCUT2D eigenvalue weighted by Crippen LogP contribution is -1.96. The highest BCUT2D eigenvalue weighted by atomic mass is 31.1. The van der Waals surface area contributed by atoms with E-state index in [1.807, 2.05) is 18.2 Å². The summed E-state index contributed by atoms with van der Waals surface area (Å²) in [6, 6.07) is 10.3. The smallest absolute Gasteiger partial charge is 0.303 e. The third-order valence-corrected chi connectivity index (χ3v) is 3.27. The number of carbonyl (C=O) groups is 1. The second kappa shape index (κ2) is 6.56. The van der Waals surface area contributed by atoms with Crippen molar-refractivity contribution in [1.82, 2.24) is 0 Å². The predicted octanol–water partition coefficient (Wildman–Crippen LogP) is 2.25. The molecule has 76 valence electrons. The van der Waals surface area contributed by atoms with Gasteiger partial charge >= 0.3 is 5.97 Å². The topological polar surface area (TPSA) is 37.3 Å². The summed E-state index contributed by atoms with van der Waals surface area (Å²) in [6.45, 7) is 0. The number of hydrogen-bond acceptors (Lipinski definition) is 1. The number of benzene rings is 1. The minimum absolute atomic E-state index is 0.305. The molecular formula is C11H15O2P. The van der Waals surface area contributed by atoms with E-state index in [9.17, 15) is 4.79 Å². The van der Waals surface area contributed by atoms with Gasteiger partial charge in [-0.15, -0.1) is 0 Å². The van der Waals surface area contributed by atoms with Crippen LogP contribution in [0.25, 0.3) is 0 Å². The molecule has 1 aromatic carbocycles. The maximum Gasteiger partial charge on any atom is 0.303 e. The molecule has 1 aromatic rings. The molecule has 1 unspecified atom stereocenters. The summed E-state index contributed by atoms with van der Waals surface area (Å²) < 4.78 is 0.